The van der Waals surface area contributed by atoms with Crippen LogP contribution in [0.25, 0.3) is 0 Å². The van der Waals surface area contributed by atoms with Gasteiger partial charge in [-0.3, -0.25) is 14.4 Å². The highest BCUT2D eigenvalue weighted by molar-refractivity contribution is 8.00. The number of hydrogen-bond acceptors (Lipinski definition) is 7. The summed E-state index contributed by atoms with van der Waals surface area (Å²) in [5, 5.41) is 0.326. The molecule has 0 spiro atoms. The van der Waals surface area contributed by atoms with Crippen molar-refractivity contribution in [3.63, 3.8) is 0 Å². The molecule has 1 aliphatic heterocycles. The van der Waals surface area contributed by atoms with E-state index < -0.39 is 29.0 Å². The van der Waals surface area contributed by atoms with Gasteiger partial charge in [-0.1, -0.05) is 46.8 Å². The van der Waals surface area contributed by atoms with Crippen molar-refractivity contribution in [1.82, 2.24) is 4.98 Å². The van der Waals surface area contributed by atoms with Crippen molar-refractivity contribution in [3.05, 3.63) is 49.4 Å². The summed E-state index contributed by atoms with van der Waals surface area (Å²) >= 11 is 8.18. The molecule has 2 heterocycles. The van der Waals surface area contributed by atoms with E-state index in [1.54, 1.807) is 38.1 Å². The predicted molar refractivity (Wildman–Crippen MR) is 105 cm³/mol. The van der Waals surface area contributed by atoms with Gasteiger partial charge in [0.1, 0.15) is 5.25 Å². The molecular weight excluding hydrogens is 410 g/mol. The molecule has 3 atom stereocenters. The predicted octanol–water partition coefficient (Wildman–Crippen LogP) is 3.44. The number of thiazole rings is 1. The number of thioether (sulfide) groups is 1. The average molecular weight is 428 g/mol. The Hall–Kier alpha value is -1.77. The summed E-state index contributed by atoms with van der Waals surface area (Å²) in [6.07, 6.45) is 0. The van der Waals surface area contributed by atoms with Crippen LogP contribution < -0.4 is 4.87 Å². The normalized spacial score (nSPS) is 21.4. The number of ether oxygens (including phenoxy) is 2. The lowest BCUT2D eigenvalue weighted by atomic mass is 9.82. The van der Waals surface area contributed by atoms with Crippen LogP contribution in [0.1, 0.15) is 30.2 Å². The first-order valence-electron chi connectivity index (χ1n) is 8.44. The second-order valence-electron chi connectivity index (χ2n) is 5.81. The van der Waals surface area contributed by atoms with Gasteiger partial charge in [-0.25, -0.2) is 0 Å². The second-order valence-corrected chi connectivity index (χ2v) is 8.41. The molecule has 6 nitrogen and oxygen atoms in total. The molecule has 0 fully saturated rings. The summed E-state index contributed by atoms with van der Waals surface area (Å²) in [6, 6.07) is 7.03. The fourth-order valence-electron chi connectivity index (χ4n) is 3.10. The van der Waals surface area contributed by atoms with Gasteiger partial charge in [-0.15, -0.1) is 0 Å². The van der Waals surface area contributed by atoms with E-state index >= 15 is 0 Å². The smallest absolute Gasteiger partial charge is 0.320 e. The van der Waals surface area contributed by atoms with Crippen LogP contribution in [0.3, 0.4) is 0 Å². The lowest BCUT2D eigenvalue weighted by Gasteiger charge is -2.34. The topological polar surface area (TPSA) is 85.5 Å². The SMILES string of the molecule is CCOC(=O)[C@H]1[C@@H](c2ccc(Cl)cc2)c2sc(=O)[nH]c2S[C@H]1C(=O)OCC. The summed E-state index contributed by atoms with van der Waals surface area (Å²) in [5.74, 6) is -2.31. The van der Waals surface area contributed by atoms with E-state index in [0.717, 1.165) is 28.7 Å². The van der Waals surface area contributed by atoms with E-state index in [9.17, 15) is 14.4 Å². The van der Waals surface area contributed by atoms with Crippen molar-refractivity contribution in [2.45, 2.75) is 30.0 Å². The van der Waals surface area contributed by atoms with Crippen molar-refractivity contribution in [2.24, 2.45) is 5.92 Å². The zero-order valence-electron chi connectivity index (χ0n) is 14.7. The van der Waals surface area contributed by atoms with E-state index in [-0.39, 0.29) is 18.1 Å². The van der Waals surface area contributed by atoms with Crippen LogP contribution in [0.2, 0.25) is 5.02 Å². The number of nitrogens with one attached hydrogen (secondary N) is 1. The number of benzene rings is 1. The Morgan fingerprint density at radius 3 is 2.37 bits per heavy atom. The van der Waals surface area contributed by atoms with Gasteiger partial charge in [0.05, 0.1) is 24.2 Å². The third-order valence-corrected chi connectivity index (χ3v) is 6.81. The first-order chi connectivity index (χ1) is 13.0. The zero-order chi connectivity index (χ0) is 19.6. The molecule has 1 aromatic heterocycles. The molecule has 0 radical (unpaired) electrons. The molecular formula is C18H18ClNO5S2. The lowest BCUT2D eigenvalue weighted by molar-refractivity contribution is -0.154. The number of esters is 2. The summed E-state index contributed by atoms with van der Waals surface area (Å²) in [4.78, 5) is 40.7. The van der Waals surface area contributed by atoms with Gasteiger partial charge in [0.2, 0.25) is 0 Å². The minimum Gasteiger partial charge on any atom is -0.466 e. The van der Waals surface area contributed by atoms with Gasteiger partial charge < -0.3 is 14.5 Å². The Morgan fingerprint density at radius 2 is 1.74 bits per heavy atom. The van der Waals surface area contributed by atoms with Crippen molar-refractivity contribution in [3.8, 4) is 0 Å². The standard InChI is InChI=1S/C18H18ClNO5S2/c1-3-24-16(21)12-11(9-5-7-10(19)8-6-9)13-15(20-18(23)27-13)26-14(12)17(22)25-4-2/h5-8,11-12,14H,3-4H2,1-2H3,(H,20,23)/t11-,12+,14-/m1/s1. The van der Waals surface area contributed by atoms with Gasteiger partial charge in [-0.2, -0.15) is 0 Å². The number of aromatic amines is 1. The number of rotatable bonds is 5. The molecule has 144 valence electrons. The minimum atomic E-state index is -0.817. The van der Waals surface area contributed by atoms with Crippen molar-refractivity contribution in [2.75, 3.05) is 13.2 Å². The van der Waals surface area contributed by atoms with Crippen LogP contribution in [-0.2, 0) is 19.1 Å². The van der Waals surface area contributed by atoms with Crippen LogP contribution in [0.4, 0.5) is 0 Å². The van der Waals surface area contributed by atoms with Crippen molar-refractivity contribution >= 4 is 46.6 Å². The van der Waals surface area contributed by atoms with Gasteiger partial charge in [0.25, 0.3) is 0 Å². The Balaban J connectivity index is 2.15. The largest absolute Gasteiger partial charge is 0.466 e. The highest BCUT2D eigenvalue weighted by atomic mass is 35.5. The number of H-pyrrole nitrogens is 1. The maximum absolute atomic E-state index is 12.8. The Labute approximate surface area is 169 Å². The third kappa shape index (κ3) is 4.07. The van der Waals surface area contributed by atoms with E-state index in [4.69, 9.17) is 21.1 Å². The molecule has 0 bridgehead atoms. The van der Waals surface area contributed by atoms with E-state index in [2.05, 4.69) is 4.98 Å². The third-order valence-electron chi connectivity index (χ3n) is 4.16. The van der Waals surface area contributed by atoms with Crippen LogP contribution >= 0.6 is 34.7 Å². The summed E-state index contributed by atoms with van der Waals surface area (Å²) in [7, 11) is 0. The summed E-state index contributed by atoms with van der Waals surface area (Å²) in [5.41, 5.74) is 0.781. The molecule has 0 amide bonds. The molecule has 3 rings (SSSR count). The number of carbonyl (C=O) groups is 2. The Kier molecular flexibility index (Phi) is 6.29. The molecule has 1 aromatic carbocycles. The quantitative estimate of drug-likeness (QED) is 0.735. The lowest BCUT2D eigenvalue weighted by Crippen LogP contribution is -2.41. The highest BCUT2D eigenvalue weighted by Crippen LogP contribution is 2.49. The van der Waals surface area contributed by atoms with E-state index in [0.29, 0.717) is 14.9 Å². The first-order valence-corrected chi connectivity index (χ1v) is 10.5. The van der Waals surface area contributed by atoms with E-state index in [1.807, 2.05) is 0 Å². The van der Waals surface area contributed by atoms with Crippen molar-refractivity contribution < 1.29 is 19.1 Å². The van der Waals surface area contributed by atoms with Gasteiger partial charge in [0.15, 0.2) is 0 Å². The fourth-order valence-corrected chi connectivity index (χ4v) is 5.70. The number of halogens is 1. The summed E-state index contributed by atoms with van der Waals surface area (Å²) < 4.78 is 10.5. The van der Waals surface area contributed by atoms with Crippen LogP contribution in [0, 0.1) is 5.92 Å². The highest BCUT2D eigenvalue weighted by Gasteiger charge is 2.49. The molecule has 0 unspecified atom stereocenters. The molecule has 27 heavy (non-hydrogen) atoms. The minimum absolute atomic E-state index is 0.194. The molecule has 2 aromatic rings. The molecule has 0 saturated heterocycles. The molecule has 1 aliphatic rings. The second kappa shape index (κ2) is 8.50. The zero-order valence-corrected chi connectivity index (χ0v) is 17.1. The number of aromatic nitrogens is 1. The molecule has 9 heteroatoms. The van der Waals surface area contributed by atoms with Gasteiger partial charge in [0, 0.05) is 15.8 Å². The number of carbonyl (C=O) groups excluding carboxylic acids is 2. The fraction of sp³-hybridized carbons (Fsp3) is 0.389. The number of hydrogen-bond donors (Lipinski definition) is 1. The molecule has 0 aliphatic carbocycles. The summed E-state index contributed by atoms with van der Waals surface area (Å²) in [6.45, 7) is 3.81. The van der Waals surface area contributed by atoms with Crippen LogP contribution in [-0.4, -0.2) is 35.4 Å². The molecule has 1 N–H and O–H groups in total. The van der Waals surface area contributed by atoms with E-state index in [1.165, 1.54) is 0 Å². The average Bonchev–Trinajstić information content (AvgIpc) is 3.01. The Morgan fingerprint density at radius 1 is 1.11 bits per heavy atom. The van der Waals surface area contributed by atoms with Crippen molar-refractivity contribution in [1.29, 1.82) is 0 Å². The maximum atomic E-state index is 12.8. The van der Waals surface area contributed by atoms with Crippen LogP contribution in [0.5, 0.6) is 0 Å². The van der Waals surface area contributed by atoms with Gasteiger partial charge in [-0.05, 0) is 31.5 Å². The Bertz CT molecular complexity index is 892. The maximum Gasteiger partial charge on any atom is 0.320 e. The molecule has 0 saturated carbocycles. The van der Waals surface area contributed by atoms with Gasteiger partial charge >= 0.3 is 16.8 Å². The first kappa shape index (κ1) is 20.0. The monoisotopic (exact) mass is 427 g/mol. The number of fused-ring (bicyclic) bond motifs is 1. The van der Waals surface area contributed by atoms with Crippen LogP contribution in [0.15, 0.2) is 34.1 Å².